The van der Waals surface area contributed by atoms with Gasteiger partial charge in [-0.2, -0.15) is 0 Å². The summed E-state index contributed by atoms with van der Waals surface area (Å²) in [6.07, 6.45) is 0.786. The second-order valence-electron chi connectivity index (χ2n) is 5.12. The van der Waals surface area contributed by atoms with E-state index in [1.165, 1.54) is 5.56 Å². The molecule has 0 saturated heterocycles. The number of benzene rings is 1. The molecule has 18 heavy (non-hydrogen) atoms. The molecule has 0 bridgehead atoms. The van der Waals surface area contributed by atoms with Gasteiger partial charge in [-0.3, -0.25) is 4.90 Å². The summed E-state index contributed by atoms with van der Waals surface area (Å²) in [5, 5.41) is 9.03. The van der Waals surface area contributed by atoms with Crippen LogP contribution in [0.15, 0.2) is 30.3 Å². The lowest BCUT2D eigenvalue weighted by atomic mass is 9.97. The van der Waals surface area contributed by atoms with Gasteiger partial charge in [0.15, 0.2) is 0 Å². The average Bonchev–Trinajstić information content (AvgIpc) is 2.34. The number of nitrogens with zero attached hydrogens (tertiary/aromatic N) is 1. The number of aliphatic hydroxyl groups is 1. The molecule has 0 radical (unpaired) electrons. The highest BCUT2D eigenvalue weighted by Crippen LogP contribution is 2.25. The van der Waals surface area contributed by atoms with E-state index in [9.17, 15) is 0 Å². The van der Waals surface area contributed by atoms with Crippen molar-refractivity contribution >= 4 is 0 Å². The van der Waals surface area contributed by atoms with Crippen LogP contribution in [0.3, 0.4) is 0 Å². The van der Waals surface area contributed by atoms with Crippen LogP contribution in [0.2, 0.25) is 0 Å². The Labute approximate surface area is 111 Å². The summed E-state index contributed by atoms with van der Waals surface area (Å²) in [4.78, 5) is 2.37. The van der Waals surface area contributed by atoms with Crippen LogP contribution in [-0.2, 0) is 0 Å². The topological polar surface area (TPSA) is 49.5 Å². The van der Waals surface area contributed by atoms with Crippen molar-refractivity contribution in [2.24, 2.45) is 5.73 Å². The largest absolute Gasteiger partial charge is 0.396 e. The molecule has 3 nitrogen and oxygen atoms in total. The third-order valence-electron chi connectivity index (χ3n) is 3.23. The van der Waals surface area contributed by atoms with Crippen molar-refractivity contribution in [2.75, 3.05) is 13.2 Å². The average molecular weight is 250 g/mol. The fourth-order valence-electron chi connectivity index (χ4n) is 2.42. The summed E-state index contributed by atoms with van der Waals surface area (Å²) in [7, 11) is 0. The van der Waals surface area contributed by atoms with E-state index in [1.807, 2.05) is 13.0 Å². The zero-order valence-electron chi connectivity index (χ0n) is 11.7. The normalized spacial score (nSPS) is 15.1. The number of aliphatic hydroxyl groups excluding tert-OH is 1. The van der Waals surface area contributed by atoms with Crippen molar-refractivity contribution in [3.05, 3.63) is 35.9 Å². The molecule has 1 rings (SSSR count). The second-order valence-corrected chi connectivity index (χ2v) is 5.12. The minimum Gasteiger partial charge on any atom is -0.396 e. The van der Waals surface area contributed by atoms with Gasteiger partial charge in [0.25, 0.3) is 0 Å². The van der Waals surface area contributed by atoms with Gasteiger partial charge in [-0.1, -0.05) is 30.3 Å². The van der Waals surface area contributed by atoms with Gasteiger partial charge >= 0.3 is 0 Å². The van der Waals surface area contributed by atoms with Crippen molar-refractivity contribution < 1.29 is 5.11 Å². The molecule has 0 spiro atoms. The Bertz CT molecular complexity index is 325. The molecule has 0 aliphatic rings. The van der Waals surface area contributed by atoms with Crippen molar-refractivity contribution in [3.8, 4) is 0 Å². The van der Waals surface area contributed by atoms with Crippen LogP contribution in [-0.4, -0.2) is 35.2 Å². The van der Waals surface area contributed by atoms with Crippen LogP contribution in [0.25, 0.3) is 0 Å². The molecule has 3 heteroatoms. The Hall–Kier alpha value is -0.900. The van der Waals surface area contributed by atoms with Gasteiger partial charge in [0.05, 0.1) is 0 Å². The smallest absolute Gasteiger partial charge is 0.0499 e. The molecule has 2 atom stereocenters. The molecule has 102 valence electrons. The van der Waals surface area contributed by atoms with Gasteiger partial charge in [0, 0.05) is 31.3 Å². The Balaban J connectivity index is 2.94. The zero-order valence-corrected chi connectivity index (χ0v) is 11.7. The van der Waals surface area contributed by atoms with Gasteiger partial charge < -0.3 is 10.8 Å². The van der Waals surface area contributed by atoms with E-state index in [0.29, 0.717) is 6.04 Å². The second kappa shape index (κ2) is 7.52. The van der Waals surface area contributed by atoms with E-state index in [4.69, 9.17) is 10.8 Å². The molecule has 0 fully saturated rings. The van der Waals surface area contributed by atoms with Crippen LogP contribution in [0.4, 0.5) is 0 Å². The van der Waals surface area contributed by atoms with E-state index in [2.05, 4.69) is 43.0 Å². The molecule has 0 amide bonds. The number of nitrogens with two attached hydrogens (primary N) is 1. The van der Waals surface area contributed by atoms with Crippen molar-refractivity contribution in [2.45, 2.75) is 45.3 Å². The minimum atomic E-state index is 0.0634. The fourth-order valence-corrected chi connectivity index (χ4v) is 2.42. The first-order valence-electron chi connectivity index (χ1n) is 6.75. The first-order valence-corrected chi connectivity index (χ1v) is 6.75. The Morgan fingerprint density at radius 3 is 2.22 bits per heavy atom. The van der Waals surface area contributed by atoms with Gasteiger partial charge in [0.1, 0.15) is 0 Å². The Morgan fingerprint density at radius 2 is 1.78 bits per heavy atom. The summed E-state index contributed by atoms with van der Waals surface area (Å²) >= 11 is 0. The third-order valence-corrected chi connectivity index (χ3v) is 3.23. The van der Waals surface area contributed by atoms with Crippen molar-refractivity contribution in [3.63, 3.8) is 0 Å². The summed E-state index contributed by atoms with van der Waals surface area (Å²) < 4.78 is 0. The maximum Gasteiger partial charge on any atom is 0.0499 e. The van der Waals surface area contributed by atoms with Gasteiger partial charge in [-0.05, 0) is 32.8 Å². The molecule has 0 aliphatic heterocycles. The number of hydrogen-bond acceptors (Lipinski definition) is 3. The highest BCUT2D eigenvalue weighted by molar-refractivity contribution is 5.20. The van der Waals surface area contributed by atoms with Crippen molar-refractivity contribution in [1.29, 1.82) is 0 Å². The van der Waals surface area contributed by atoms with Crippen LogP contribution < -0.4 is 5.73 Å². The van der Waals surface area contributed by atoms with Crippen molar-refractivity contribution in [1.82, 2.24) is 4.90 Å². The number of rotatable bonds is 7. The molecule has 0 aliphatic carbocycles. The quantitative estimate of drug-likeness (QED) is 0.779. The van der Waals surface area contributed by atoms with E-state index in [0.717, 1.165) is 13.0 Å². The van der Waals surface area contributed by atoms with Crippen LogP contribution in [0, 0.1) is 0 Å². The predicted molar refractivity (Wildman–Crippen MR) is 76.4 cm³/mol. The summed E-state index contributed by atoms with van der Waals surface area (Å²) in [6.45, 7) is 7.50. The van der Waals surface area contributed by atoms with E-state index < -0.39 is 0 Å². The SMILES string of the molecule is CC(N)C(c1ccccc1)N(CCCO)C(C)C. The van der Waals surface area contributed by atoms with E-state index >= 15 is 0 Å². The van der Waals surface area contributed by atoms with Gasteiger partial charge in [-0.25, -0.2) is 0 Å². The predicted octanol–water partition coefficient (Wildman–Crippen LogP) is 2.17. The first kappa shape index (κ1) is 15.2. The summed E-state index contributed by atoms with van der Waals surface area (Å²) in [5.74, 6) is 0. The van der Waals surface area contributed by atoms with Gasteiger partial charge in [0.2, 0.25) is 0 Å². The number of hydrogen-bond donors (Lipinski definition) is 2. The summed E-state index contributed by atoms with van der Waals surface area (Å²) in [5.41, 5.74) is 7.42. The monoisotopic (exact) mass is 250 g/mol. The molecule has 0 heterocycles. The van der Waals surface area contributed by atoms with Crippen LogP contribution in [0.5, 0.6) is 0 Å². The lowest BCUT2D eigenvalue weighted by Crippen LogP contribution is -2.43. The molecule has 1 aromatic carbocycles. The summed E-state index contributed by atoms with van der Waals surface area (Å²) in [6, 6.07) is 11.1. The highest BCUT2D eigenvalue weighted by atomic mass is 16.3. The Morgan fingerprint density at radius 1 is 1.17 bits per heavy atom. The lowest BCUT2D eigenvalue weighted by molar-refractivity contribution is 0.123. The fraction of sp³-hybridized carbons (Fsp3) is 0.600. The first-order chi connectivity index (χ1) is 8.57. The molecule has 3 N–H and O–H groups in total. The molecule has 2 unspecified atom stereocenters. The molecule has 0 aromatic heterocycles. The Kier molecular flexibility index (Phi) is 6.33. The minimum absolute atomic E-state index is 0.0634. The van der Waals surface area contributed by atoms with E-state index in [1.54, 1.807) is 0 Å². The molecule has 1 aromatic rings. The maximum absolute atomic E-state index is 9.03. The molecule has 0 saturated carbocycles. The van der Waals surface area contributed by atoms with E-state index in [-0.39, 0.29) is 18.7 Å². The highest BCUT2D eigenvalue weighted by Gasteiger charge is 2.25. The zero-order chi connectivity index (χ0) is 13.5. The molecular formula is C15H26N2O. The third kappa shape index (κ3) is 4.09. The molecular weight excluding hydrogens is 224 g/mol. The standard InChI is InChI=1S/C15H26N2O/c1-12(2)17(10-7-11-18)15(13(3)16)14-8-5-4-6-9-14/h4-6,8-9,12-13,15,18H,7,10-11,16H2,1-3H3. The van der Waals surface area contributed by atoms with Crippen LogP contribution >= 0.6 is 0 Å². The van der Waals surface area contributed by atoms with Crippen LogP contribution in [0.1, 0.15) is 38.8 Å². The van der Waals surface area contributed by atoms with Gasteiger partial charge in [-0.15, -0.1) is 0 Å². The maximum atomic E-state index is 9.03. The lowest BCUT2D eigenvalue weighted by Gasteiger charge is -2.37.